The van der Waals surface area contributed by atoms with E-state index in [4.69, 9.17) is 9.97 Å². The van der Waals surface area contributed by atoms with Crippen LogP contribution in [0.1, 0.15) is 80.8 Å². The van der Waals surface area contributed by atoms with Crippen LogP contribution in [0.2, 0.25) is 0 Å². The van der Waals surface area contributed by atoms with Gasteiger partial charge < -0.3 is 21.3 Å². The number of nitrogens with one attached hydrogen (secondary N) is 4. The summed E-state index contributed by atoms with van der Waals surface area (Å²) in [5.74, 6) is -0.416. The molecule has 0 spiro atoms. The summed E-state index contributed by atoms with van der Waals surface area (Å²) >= 11 is 1.71. The molecule has 0 saturated carbocycles. The average Bonchev–Trinajstić information content (AvgIpc) is 3.66. The monoisotopic (exact) mass is 677 g/mol. The second-order valence-corrected chi connectivity index (χ2v) is 14.3. The zero-order chi connectivity index (χ0) is 34.2. The normalized spacial score (nSPS) is 22.3. The quantitative estimate of drug-likeness (QED) is 0.320. The van der Waals surface area contributed by atoms with Crippen molar-refractivity contribution >= 4 is 35.0 Å². The molecule has 14 heteroatoms. The fourth-order valence-corrected chi connectivity index (χ4v) is 7.23. The van der Waals surface area contributed by atoms with Gasteiger partial charge in [-0.3, -0.25) is 24.1 Å². The van der Waals surface area contributed by atoms with Crippen LogP contribution in [0.15, 0.2) is 30.3 Å². The maximum absolute atomic E-state index is 13.6. The van der Waals surface area contributed by atoms with Gasteiger partial charge in [0.05, 0.1) is 24.8 Å². The van der Waals surface area contributed by atoms with Gasteiger partial charge in [0.15, 0.2) is 5.82 Å². The third kappa shape index (κ3) is 9.47. The van der Waals surface area contributed by atoms with E-state index in [0.717, 1.165) is 35.5 Å². The standard InChI is InChI=1S/C34H47N9O4S/c1-21(2)17-26-34(47)37-22(3)32-40-31(24-11-6-5-7-12-24)41-43(32)19-28(44)35-15-10-16-42(18-29(45)36-23(4)33(46)39-26)20-30-38-25-13-8-9-14-27(25)48-30/h5-7,11-12,21-23,26H,8-10,13-20H2,1-4H3,(H,35,44)(H,36,45)(H,37,47)(H,39,46)/t22-,23+,26+/m0/s1. The molecule has 0 radical (unpaired) electrons. The van der Waals surface area contributed by atoms with Crippen LogP contribution >= 0.6 is 11.3 Å². The maximum Gasteiger partial charge on any atom is 0.243 e. The Labute approximate surface area is 285 Å². The van der Waals surface area contributed by atoms with Crippen molar-refractivity contribution < 1.29 is 19.2 Å². The van der Waals surface area contributed by atoms with Gasteiger partial charge in [0.2, 0.25) is 23.6 Å². The van der Waals surface area contributed by atoms with E-state index in [0.29, 0.717) is 44.1 Å². The molecule has 2 aliphatic rings. The van der Waals surface area contributed by atoms with Gasteiger partial charge in [-0.1, -0.05) is 44.2 Å². The lowest BCUT2D eigenvalue weighted by molar-refractivity contribution is -0.132. The minimum atomic E-state index is -0.857. The molecule has 3 atom stereocenters. The van der Waals surface area contributed by atoms with E-state index >= 15 is 0 Å². The first-order valence-corrected chi connectivity index (χ1v) is 17.7. The Morgan fingerprint density at radius 1 is 0.875 bits per heavy atom. The molecule has 48 heavy (non-hydrogen) atoms. The van der Waals surface area contributed by atoms with Crippen molar-refractivity contribution in [1.29, 1.82) is 0 Å². The second-order valence-electron chi connectivity index (χ2n) is 13.1. The van der Waals surface area contributed by atoms with E-state index < -0.39 is 29.9 Å². The minimum Gasteiger partial charge on any atom is -0.354 e. The van der Waals surface area contributed by atoms with Crippen molar-refractivity contribution in [3.63, 3.8) is 0 Å². The summed E-state index contributed by atoms with van der Waals surface area (Å²) in [7, 11) is 0. The zero-order valence-corrected chi connectivity index (χ0v) is 29.1. The van der Waals surface area contributed by atoms with Crippen LogP contribution in [0.4, 0.5) is 0 Å². The number of carbonyl (C=O) groups excluding carboxylic acids is 4. The van der Waals surface area contributed by atoms with Crippen LogP contribution in [0.25, 0.3) is 11.4 Å². The van der Waals surface area contributed by atoms with E-state index in [2.05, 4.69) is 26.4 Å². The molecule has 2 aromatic heterocycles. The Kier molecular flexibility index (Phi) is 11.9. The fourth-order valence-electron chi connectivity index (χ4n) is 6.04. The highest BCUT2D eigenvalue weighted by Crippen LogP contribution is 2.27. The van der Waals surface area contributed by atoms with Crippen molar-refractivity contribution in [3.05, 3.63) is 51.7 Å². The number of hydrogen-bond acceptors (Lipinski definition) is 9. The average molecular weight is 678 g/mol. The van der Waals surface area contributed by atoms with Gasteiger partial charge in [-0.25, -0.2) is 14.6 Å². The molecule has 3 aromatic rings. The SMILES string of the molecule is CC(C)C[C@H]1NC(=O)[C@@H](C)NC(=O)CN(Cc2nc3c(s2)CCCC3)CCCNC(=O)Cn2nc(-c3ccccc3)nc2[C@H](C)NC1=O. The minimum absolute atomic E-state index is 0.0633. The molecule has 3 heterocycles. The lowest BCUT2D eigenvalue weighted by Gasteiger charge is -2.25. The molecule has 0 saturated heterocycles. The van der Waals surface area contributed by atoms with Crippen LogP contribution in [0.3, 0.4) is 0 Å². The summed E-state index contributed by atoms with van der Waals surface area (Å²) < 4.78 is 1.52. The summed E-state index contributed by atoms with van der Waals surface area (Å²) in [6.45, 7) is 8.74. The fraction of sp³-hybridized carbons (Fsp3) is 0.559. The number of benzene rings is 1. The van der Waals surface area contributed by atoms with Gasteiger partial charge in [0, 0.05) is 23.5 Å². The summed E-state index contributed by atoms with van der Waals surface area (Å²) in [5.41, 5.74) is 1.95. The van der Waals surface area contributed by atoms with Crippen LogP contribution in [0, 0.1) is 5.92 Å². The van der Waals surface area contributed by atoms with Gasteiger partial charge in [-0.15, -0.1) is 11.3 Å². The molecule has 0 fully saturated rings. The lowest BCUT2D eigenvalue weighted by atomic mass is 10.0. The summed E-state index contributed by atoms with van der Waals surface area (Å²) in [4.78, 5) is 66.2. The van der Waals surface area contributed by atoms with Gasteiger partial charge in [0.1, 0.15) is 29.5 Å². The summed E-state index contributed by atoms with van der Waals surface area (Å²) in [6, 6.07) is 7.12. The molecule has 0 bridgehead atoms. The van der Waals surface area contributed by atoms with Gasteiger partial charge in [-0.05, 0) is 58.3 Å². The number of aromatic nitrogens is 4. The van der Waals surface area contributed by atoms with E-state index in [1.165, 1.54) is 16.0 Å². The molecule has 1 aliphatic carbocycles. The van der Waals surface area contributed by atoms with Crippen molar-refractivity contribution in [2.45, 2.75) is 97.4 Å². The van der Waals surface area contributed by atoms with Crippen molar-refractivity contribution in [1.82, 2.24) is 45.9 Å². The first-order valence-electron chi connectivity index (χ1n) is 16.9. The molecular weight excluding hydrogens is 630 g/mol. The van der Waals surface area contributed by atoms with E-state index in [-0.39, 0.29) is 30.8 Å². The number of hydrogen-bond donors (Lipinski definition) is 4. The third-order valence-electron chi connectivity index (χ3n) is 8.47. The molecule has 0 unspecified atom stereocenters. The second kappa shape index (κ2) is 16.3. The molecule has 4 N–H and O–H groups in total. The molecule has 4 amide bonds. The largest absolute Gasteiger partial charge is 0.354 e. The van der Waals surface area contributed by atoms with Crippen LogP contribution in [0.5, 0.6) is 0 Å². The topological polar surface area (TPSA) is 163 Å². The third-order valence-corrected chi connectivity index (χ3v) is 9.61. The first kappa shape index (κ1) is 35.1. The number of nitrogens with zero attached hydrogens (tertiary/aromatic N) is 5. The number of amides is 4. The highest BCUT2D eigenvalue weighted by atomic mass is 32.1. The highest BCUT2D eigenvalue weighted by molar-refractivity contribution is 7.11. The first-order chi connectivity index (χ1) is 23.0. The Morgan fingerprint density at radius 2 is 1.65 bits per heavy atom. The molecule has 1 aliphatic heterocycles. The Morgan fingerprint density at radius 3 is 2.40 bits per heavy atom. The highest BCUT2D eigenvalue weighted by Gasteiger charge is 2.29. The van der Waals surface area contributed by atoms with Crippen LogP contribution in [-0.4, -0.2) is 80.0 Å². The molecule has 258 valence electrons. The molecule has 13 nitrogen and oxygen atoms in total. The van der Waals surface area contributed by atoms with Gasteiger partial charge in [0.25, 0.3) is 0 Å². The predicted molar refractivity (Wildman–Crippen MR) is 183 cm³/mol. The number of thiazole rings is 1. The summed E-state index contributed by atoms with van der Waals surface area (Å²) in [6.07, 6.45) is 5.33. The maximum atomic E-state index is 13.6. The number of carbonyl (C=O) groups is 4. The lowest BCUT2D eigenvalue weighted by Crippen LogP contribution is -2.54. The molecule has 5 rings (SSSR count). The van der Waals surface area contributed by atoms with Gasteiger partial charge in [-0.2, -0.15) is 5.10 Å². The predicted octanol–water partition coefficient (Wildman–Crippen LogP) is 2.52. The zero-order valence-electron chi connectivity index (χ0n) is 28.3. The molecule has 1 aromatic carbocycles. The van der Waals surface area contributed by atoms with Crippen molar-refractivity contribution in [2.24, 2.45) is 5.92 Å². The number of rotatable bonds is 5. The number of fused-ring (bicyclic) bond motifs is 2. The van der Waals surface area contributed by atoms with Crippen LogP contribution in [-0.2, 0) is 45.1 Å². The number of aryl methyl sites for hydroxylation is 2. The van der Waals surface area contributed by atoms with Crippen LogP contribution < -0.4 is 21.3 Å². The Bertz CT molecular complexity index is 1560. The van der Waals surface area contributed by atoms with E-state index in [1.807, 2.05) is 49.1 Å². The Balaban J connectivity index is 1.38. The van der Waals surface area contributed by atoms with Crippen molar-refractivity contribution in [2.75, 3.05) is 19.6 Å². The van der Waals surface area contributed by atoms with E-state index in [9.17, 15) is 19.2 Å². The summed E-state index contributed by atoms with van der Waals surface area (Å²) in [5, 5.41) is 17.2. The molecular formula is C34H47N9O4S. The van der Waals surface area contributed by atoms with Crippen molar-refractivity contribution in [3.8, 4) is 11.4 Å². The van der Waals surface area contributed by atoms with Gasteiger partial charge >= 0.3 is 0 Å². The Hall–Kier alpha value is -4.17. The van der Waals surface area contributed by atoms with E-state index in [1.54, 1.807) is 25.2 Å². The smallest absolute Gasteiger partial charge is 0.243 e.